The molecule has 2 rings (SSSR count). The summed E-state index contributed by atoms with van der Waals surface area (Å²) in [6.07, 6.45) is 3.77. The zero-order valence-electron chi connectivity index (χ0n) is 11.3. The van der Waals surface area contributed by atoms with Crippen LogP contribution in [0.3, 0.4) is 0 Å². The molecule has 108 valence electrons. The van der Waals surface area contributed by atoms with Crippen LogP contribution in [0.4, 0.5) is 5.69 Å². The lowest BCUT2D eigenvalue weighted by Crippen LogP contribution is -2.08. The molecule has 0 bridgehead atoms. The first-order valence-electron chi connectivity index (χ1n) is 6.47. The van der Waals surface area contributed by atoms with Crippen molar-refractivity contribution in [1.29, 1.82) is 0 Å². The molecule has 2 aromatic rings. The molecule has 0 aliphatic carbocycles. The Bertz CT molecular complexity index is 647. The molecular weight excluding hydrogens is 286 g/mol. The third kappa shape index (κ3) is 5.24. The van der Waals surface area contributed by atoms with Gasteiger partial charge in [-0.25, -0.2) is 0 Å². The molecular formula is C16H15NO3S. The Morgan fingerprint density at radius 1 is 1.24 bits per heavy atom. The lowest BCUT2D eigenvalue weighted by Gasteiger charge is -2.05. The molecule has 0 unspecified atom stereocenters. The summed E-state index contributed by atoms with van der Waals surface area (Å²) in [4.78, 5) is 23.4. The lowest BCUT2D eigenvalue weighted by atomic mass is 10.1. The SMILES string of the molecule is O=C(O)CCc1cccc(NC(=O)/C=C/c2cccs2)c1. The lowest BCUT2D eigenvalue weighted by molar-refractivity contribution is -0.137. The Balaban J connectivity index is 1.94. The van der Waals surface area contributed by atoms with Gasteiger partial charge in [-0.3, -0.25) is 9.59 Å². The van der Waals surface area contributed by atoms with Crippen molar-refractivity contribution >= 4 is 35.0 Å². The van der Waals surface area contributed by atoms with Crippen molar-refractivity contribution in [2.24, 2.45) is 0 Å². The largest absolute Gasteiger partial charge is 0.481 e. The number of aryl methyl sites for hydroxylation is 1. The van der Waals surface area contributed by atoms with Gasteiger partial charge in [0.1, 0.15) is 0 Å². The van der Waals surface area contributed by atoms with Crippen molar-refractivity contribution in [2.75, 3.05) is 5.32 Å². The van der Waals surface area contributed by atoms with Crippen molar-refractivity contribution < 1.29 is 14.7 Å². The Hall–Kier alpha value is -2.40. The fourth-order valence-electron chi connectivity index (χ4n) is 1.78. The minimum atomic E-state index is -0.830. The maximum atomic E-state index is 11.8. The van der Waals surface area contributed by atoms with Gasteiger partial charge < -0.3 is 10.4 Å². The predicted molar refractivity (Wildman–Crippen MR) is 84.4 cm³/mol. The minimum Gasteiger partial charge on any atom is -0.481 e. The molecule has 0 fully saturated rings. The number of anilines is 1. The summed E-state index contributed by atoms with van der Waals surface area (Å²) in [5, 5.41) is 13.4. The summed E-state index contributed by atoms with van der Waals surface area (Å²) in [5.74, 6) is -1.04. The van der Waals surface area contributed by atoms with E-state index in [-0.39, 0.29) is 12.3 Å². The summed E-state index contributed by atoms with van der Waals surface area (Å²) >= 11 is 1.56. The second-order valence-corrected chi connectivity index (χ2v) is 5.41. The predicted octanol–water partition coefficient (Wildman–Crippen LogP) is 3.42. The third-order valence-electron chi connectivity index (χ3n) is 2.76. The van der Waals surface area contributed by atoms with Crippen LogP contribution in [0, 0.1) is 0 Å². The van der Waals surface area contributed by atoms with Gasteiger partial charge in [-0.1, -0.05) is 18.2 Å². The molecule has 0 atom stereocenters. The minimum absolute atomic E-state index is 0.0790. The van der Waals surface area contributed by atoms with Gasteiger partial charge in [-0.05, 0) is 41.6 Å². The number of rotatable bonds is 6. The van der Waals surface area contributed by atoms with Gasteiger partial charge in [-0.2, -0.15) is 0 Å². The maximum Gasteiger partial charge on any atom is 0.303 e. The molecule has 2 N–H and O–H groups in total. The van der Waals surface area contributed by atoms with E-state index in [0.29, 0.717) is 12.1 Å². The van der Waals surface area contributed by atoms with Crippen LogP contribution in [0.1, 0.15) is 16.9 Å². The molecule has 21 heavy (non-hydrogen) atoms. The number of aliphatic carboxylic acids is 1. The van der Waals surface area contributed by atoms with Crippen LogP contribution in [0.25, 0.3) is 6.08 Å². The van der Waals surface area contributed by atoms with Crippen molar-refractivity contribution in [1.82, 2.24) is 0 Å². The maximum absolute atomic E-state index is 11.8. The molecule has 0 saturated carbocycles. The number of carbonyl (C=O) groups excluding carboxylic acids is 1. The molecule has 0 radical (unpaired) electrons. The smallest absolute Gasteiger partial charge is 0.303 e. The second kappa shape index (κ2) is 7.40. The summed E-state index contributed by atoms with van der Waals surface area (Å²) < 4.78 is 0. The first-order chi connectivity index (χ1) is 10.1. The number of carbonyl (C=O) groups is 2. The third-order valence-corrected chi connectivity index (χ3v) is 3.60. The van der Waals surface area contributed by atoms with E-state index in [4.69, 9.17) is 5.11 Å². The molecule has 0 aliphatic rings. The van der Waals surface area contributed by atoms with Crippen LogP contribution < -0.4 is 5.32 Å². The highest BCUT2D eigenvalue weighted by atomic mass is 32.1. The molecule has 5 heteroatoms. The second-order valence-electron chi connectivity index (χ2n) is 4.43. The summed E-state index contributed by atoms with van der Waals surface area (Å²) in [6.45, 7) is 0. The molecule has 4 nitrogen and oxygen atoms in total. The Morgan fingerprint density at radius 2 is 2.10 bits per heavy atom. The molecule has 1 heterocycles. The topological polar surface area (TPSA) is 66.4 Å². The highest BCUT2D eigenvalue weighted by Crippen LogP contribution is 2.13. The van der Waals surface area contributed by atoms with Crippen molar-refractivity contribution in [3.8, 4) is 0 Å². The average molecular weight is 301 g/mol. The van der Waals surface area contributed by atoms with Crippen LogP contribution in [-0.4, -0.2) is 17.0 Å². The number of benzene rings is 1. The van der Waals surface area contributed by atoms with Crippen LogP contribution in [-0.2, 0) is 16.0 Å². The molecule has 1 aromatic carbocycles. The Morgan fingerprint density at radius 3 is 2.81 bits per heavy atom. The first-order valence-corrected chi connectivity index (χ1v) is 7.35. The average Bonchev–Trinajstić information content (AvgIpc) is 2.97. The van der Waals surface area contributed by atoms with E-state index in [1.54, 1.807) is 35.6 Å². The summed E-state index contributed by atoms with van der Waals surface area (Å²) in [5.41, 5.74) is 1.55. The molecule has 0 saturated heterocycles. The number of hydrogen-bond acceptors (Lipinski definition) is 3. The standard InChI is InChI=1S/C16H15NO3S/c18-15(8-7-14-5-2-10-21-14)17-13-4-1-3-12(11-13)6-9-16(19)20/h1-5,7-8,10-11H,6,9H2,(H,17,18)(H,19,20)/b8-7+. The first kappa shape index (κ1) is 15.0. The van der Waals surface area contributed by atoms with Gasteiger partial charge in [-0.15, -0.1) is 11.3 Å². The van der Waals surface area contributed by atoms with E-state index in [9.17, 15) is 9.59 Å². The van der Waals surface area contributed by atoms with Crippen LogP contribution >= 0.6 is 11.3 Å². The highest BCUT2D eigenvalue weighted by Gasteiger charge is 2.02. The van der Waals surface area contributed by atoms with Crippen molar-refractivity contribution in [3.63, 3.8) is 0 Å². The van der Waals surface area contributed by atoms with Gasteiger partial charge >= 0.3 is 5.97 Å². The quantitative estimate of drug-likeness (QED) is 0.803. The number of hydrogen-bond donors (Lipinski definition) is 2. The van der Waals surface area contributed by atoms with Gasteiger partial charge in [0, 0.05) is 23.1 Å². The number of carboxylic acid groups (broad SMARTS) is 1. The van der Waals surface area contributed by atoms with E-state index >= 15 is 0 Å². The van der Waals surface area contributed by atoms with E-state index in [0.717, 1.165) is 10.4 Å². The molecule has 0 aliphatic heterocycles. The monoisotopic (exact) mass is 301 g/mol. The van der Waals surface area contributed by atoms with Crippen LogP contribution in [0.15, 0.2) is 47.9 Å². The van der Waals surface area contributed by atoms with E-state index in [1.165, 1.54) is 6.08 Å². The number of thiophene rings is 1. The van der Waals surface area contributed by atoms with E-state index < -0.39 is 5.97 Å². The van der Waals surface area contributed by atoms with E-state index in [2.05, 4.69) is 5.32 Å². The van der Waals surface area contributed by atoms with Crippen LogP contribution in [0.5, 0.6) is 0 Å². The number of carboxylic acids is 1. The zero-order valence-corrected chi connectivity index (χ0v) is 12.1. The molecule has 1 aromatic heterocycles. The number of nitrogens with one attached hydrogen (secondary N) is 1. The van der Waals surface area contributed by atoms with E-state index in [1.807, 2.05) is 23.6 Å². The normalized spacial score (nSPS) is 10.7. The number of amides is 1. The van der Waals surface area contributed by atoms with Gasteiger partial charge in [0.2, 0.25) is 5.91 Å². The molecule has 1 amide bonds. The fourth-order valence-corrected chi connectivity index (χ4v) is 2.40. The van der Waals surface area contributed by atoms with Crippen molar-refractivity contribution in [3.05, 3.63) is 58.3 Å². The highest BCUT2D eigenvalue weighted by molar-refractivity contribution is 7.10. The van der Waals surface area contributed by atoms with Crippen molar-refractivity contribution in [2.45, 2.75) is 12.8 Å². The van der Waals surface area contributed by atoms with Gasteiger partial charge in [0.05, 0.1) is 0 Å². The van der Waals surface area contributed by atoms with Gasteiger partial charge in [0.15, 0.2) is 0 Å². The summed E-state index contributed by atoms with van der Waals surface area (Å²) in [6, 6.07) is 11.1. The van der Waals surface area contributed by atoms with Crippen LogP contribution in [0.2, 0.25) is 0 Å². The Kier molecular flexibility index (Phi) is 5.29. The molecule has 0 spiro atoms. The van der Waals surface area contributed by atoms with Gasteiger partial charge in [0.25, 0.3) is 0 Å². The Labute approximate surface area is 126 Å². The zero-order chi connectivity index (χ0) is 15.1. The summed E-state index contributed by atoms with van der Waals surface area (Å²) in [7, 11) is 0. The fraction of sp³-hybridized carbons (Fsp3) is 0.125.